The van der Waals surface area contributed by atoms with Crippen LogP contribution in [0.3, 0.4) is 0 Å². The number of carbonyl (C=O) groups excluding carboxylic acids is 1. The third-order valence-electron chi connectivity index (χ3n) is 4.73. The fraction of sp³-hybridized carbons (Fsp3) is 0.450. The van der Waals surface area contributed by atoms with Crippen LogP contribution >= 0.6 is 0 Å². The Bertz CT molecular complexity index is 813. The fourth-order valence-electron chi connectivity index (χ4n) is 3.09. The number of ether oxygens (including phenoxy) is 1. The molecule has 2 aromatic rings. The molecule has 1 aromatic carbocycles. The number of aromatic nitrogens is 2. The van der Waals surface area contributed by atoms with Gasteiger partial charge in [-0.05, 0) is 51.7 Å². The Kier molecular flexibility index (Phi) is 4.75. The number of rotatable bonds is 5. The molecule has 1 aromatic heterocycles. The number of hydrogen-bond acceptors (Lipinski definition) is 5. The summed E-state index contributed by atoms with van der Waals surface area (Å²) in [6, 6.07) is 6.51. The highest BCUT2D eigenvalue weighted by Crippen LogP contribution is 2.39. The first-order valence-electron chi connectivity index (χ1n) is 8.71. The van der Waals surface area contributed by atoms with Gasteiger partial charge in [0.1, 0.15) is 11.6 Å². The van der Waals surface area contributed by atoms with Crippen molar-refractivity contribution in [2.24, 2.45) is 0 Å². The molecule has 0 amide bonds. The van der Waals surface area contributed by atoms with E-state index in [2.05, 4.69) is 49.3 Å². The van der Waals surface area contributed by atoms with Crippen molar-refractivity contribution in [3.8, 4) is 0 Å². The first-order valence-corrected chi connectivity index (χ1v) is 8.71. The highest BCUT2D eigenvalue weighted by Gasteiger charge is 2.30. The average Bonchev–Trinajstić information content (AvgIpc) is 3.40. The zero-order chi connectivity index (χ0) is 18.1. The molecule has 1 aliphatic carbocycles. The standard InChI is InChI=1S/C20H25N3O2/c1-11-6-9-16(12(2)10-11)14(4)21-18-13(3)17(20(24)25-5)22-19(23-18)15-7-8-15/h6,9-10,14-15H,7-8H2,1-5H3,(H,21,22,23). The summed E-state index contributed by atoms with van der Waals surface area (Å²) in [5, 5.41) is 3.47. The lowest BCUT2D eigenvalue weighted by Gasteiger charge is -2.20. The van der Waals surface area contributed by atoms with Crippen LogP contribution < -0.4 is 5.32 Å². The second-order valence-electron chi connectivity index (χ2n) is 6.90. The Hall–Kier alpha value is -2.43. The summed E-state index contributed by atoms with van der Waals surface area (Å²) in [6.07, 6.45) is 2.16. The van der Waals surface area contributed by atoms with Crippen LogP contribution in [0.4, 0.5) is 5.82 Å². The largest absolute Gasteiger partial charge is 0.464 e. The molecule has 5 heteroatoms. The number of esters is 1. The predicted octanol–water partition coefficient (Wildman–Crippen LogP) is 4.24. The number of hydrogen-bond donors (Lipinski definition) is 1. The van der Waals surface area contributed by atoms with Crippen molar-refractivity contribution in [3.63, 3.8) is 0 Å². The second-order valence-corrected chi connectivity index (χ2v) is 6.90. The van der Waals surface area contributed by atoms with Crippen LogP contribution in [0, 0.1) is 20.8 Å². The molecule has 1 unspecified atom stereocenters. The summed E-state index contributed by atoms with van der Waals surface area (Å²) in [6.45, 7) is 8.17. The first kappa shape index (κ1) is 17.4. The lowest BCUT2D eigenvalue weighted by atomic mass is 10.00. The molecule has 5 nitrogen and oxygen atoms in total. The Morgan fingerprint density at radius 2 is 1.96 bits per heavy atom. The van der Waals surface area contributed by atoms with Gasteiger partial charge in [-0.25, -0.2) is 14.8 Å². The van der Waals surface area contributed by atoms with Crippen LogP contribution in [0.25, 0.3) is 0 Å². The number of benzene rings is 1. The van der Waals surface area contributed by atoms with Gasteiger partial charge in [0.05, 0.1) is 13.2 Å². The summed E-state index contributed by atoms with van der Waals surface area (Å²) in [7, 11) is 1.38. The molecule has 25 heavy (non-hydrogen) atoms. The Morgan fingerprint density at radius 1 is 1.24 bits per heavy atom. The van der Waals surface area contributed by atoms with Crippen LogP contribution in [0.15, 0.2) is 18.2 Å². The molecule has 1 aliphatic rings. The molecular weight excluding hydrogens is 314 g/mol. The summed E-state index contributed by atoms with van der Waals surface area (Å²) in [4.78, 5) is 21.2. The molecular formula is C20H25N3O2. The zero-order valence-corrected chi connectivity index (χ0v) is 15.5. The van der Waals surface area contributed by atoms with Crippen molar-refractivity contribution in [3.05, 3.63) is 52.0 Å². The Morgan fingerprint density at radius 3 is 2.56 bits per heavy atom. The quantitative estimate of drug-likeness (QED) is 0.826. The Balaban J connectivity index is 1.95. The molecule has 1 heterocycles. The maximum absolute atomic E-state index is 12.1. The van der Waals surface area contributed by atoms with Crippen LogP contribution in [0.1, 0.15) is 70.3 Å². The summed E-state index contributed by atoms with van der Waals surface area (Å²) in [5.41, 5.74) is 4.79. The van der Waals surface area contributed by atoms with Crippen LogP contribution in [0.5, 0.6) is 0 Å². The SMILES string of the molecule is COC(=O)c1nc(C2CC2)nc(NC(C)c2ccc(C)cc2C)c1C. The van der Waals surface area contributed by atoms with E-state index in [1.54, 1.807) is 0 Å². The van der Waals surface area contributed by atoms with Gasteiger partial charge in [0.25, 0.3) is 0 Å². The average molecular weight is 339 g/mol. The highest BCUT2D eigenvalue weighted by molar-refractivity contribution is 5.90. The minimum atomic E-state index is -0.413. The molecule has 1 atom stereocenters. The van der Waals surface area contributed by atoms with E-state index in [-0.39, 0.29) is 6.04 Å². The molecule has 0 bridgehead atoms. The third kappa shape index (κ3) is 3.65. The third-order valence-corrected chi connectivity index (χ3v) is 4.73. The van der Waals surface area contributed by atoms with E-state index in [9.17, 15) is 4.79 Å². The van der Waals surface area contributed by atoms with Gasteiger partial charge in [0.15, 0.2) is 5.69 Å². The van der Waals surface area contributed by atoms with E-state index < -0.39 is 5.97 Å². The first-order chi connectivity index (χ1) is 11.9. The minimum absolute atomic E-state index is 0.0757. The number of anilines is 1. The monoisotopic (exact) mass is 339 g/mol. The lowest BCUT2D eigenvalue weighted by molar-refractivity contribution is 0.0592. The highest BCUT2D eigenvalue weighted by atomic mass is 16.5. The maximum Gasteiger partial charge on any atom is 0.357 e. The van der Waals surface area contributed by atoms with Gasteiger partial charge in [0.2, 0.25) is 0 Å². The fourth-order valence-corrected chi connectivity index (χ4v) is 3.09. The number of nitrogens with zero attached hydrogens (tertiary/aromatic N) is 2. The second kappa shape index (κ2) is 6.82. The van der Waals surface area contributed by atoms with E-state index in [0.717, 1.165) is 24.2 Å². The van der Waals surface area contributed by atoms with E-state index >= 15 is 0 Å². The summed E-state index contributed by atoms with van der Waals surface area (Å²) >= 11 is 0. The van der Waals surface area contributed by atoms with Gasteiger partial charge < -0.3 is 10.1 Å². The number of nitrogens with one attached hydrogen (secondary N) is 1. The molecule has 1 fully saturated rings. The van der Waals surface area contributed by atoms with Gasteiger partial charge in [-0.3, -0.25) is 0 Å². The number of aryl methyl sites for hydroxylation is 2. The summed E-state index contributed by atoms with van der Waals surface area (Å²) in [5.74, 6) is 1.40. The molecule has 0 spiro atoms. The van der Waals surface area contributed by atoms with Crippen molar-refractivity contribution >= 4 is 11.8 Å². The van der Waals surface area contributed by atoms with E-state index in [4.69, 9.17) is 9.72 Å². The molecule has 1 saturated carbocycles. The zero-order valence-electron chi connectivity index (χ0n) is 15.5. The van der Waals surface area contributed by atoms with Gasteiger partial charge in [-0.2, -0.15) is 0 Å². The minimum Gasteiger partial charge on any atom is -0.464 e. The van der Waals surface area contributed by atoms with Gasteiger partial charge in [-0.15, -0.1) is 0 Å². The predicted molar refractivity (Wildman–Crippen MR) is 98.0 cm³/mol. The maximum atomic E-state index is 12.1. The van der Waals surface area contributed by atoms with E-state index in [0.29, 0.717) is 17.4 Å². The van der Waals surface area contributed by atoms with Gasteiger partial charge >= 0.3 is 5.97 Å². The molecule has 3 rings (SSSR count). The van der Waals surface area contributed by atoms with Crippen LogP contribution in [-0.4, -0.2) is 23.0 Å². The normalized spacial score (nSPS) is 14.9. The molecule has 1 N–H and O–H groups in total. The molecule has 132 valence electrons. The number of methoxy groups -OCH3 is 1. The van der Waals surface area contributed by atoms with Crippen molar-refractivity contribution in [1.29, 1.82) is 0 Å². The molecule has 0 aliphatic heterocycles. The van der Waals surface area contributed by atoms with Crippen LogP contribution in [-0.2, 0) is 4.74 Å². The van der Waals surface area contributed by atoms with Crippen molar-refractivity contribution in [2.45, 2.75) is 52.5 Å². The van der Waals surface area contributed by atoms with Gasteiger partial charge in [-0.1, -0.05) is 23.8 Å². The topological polar surface area (TPSA) is 64.1 Å². The van der Waals surface area contributed by atoms with E-state index in [1.807, 2.05) is 6.92 Å². The van der Waals surface area contributed by atoms with Gasteiger partial charge in [0, 0.05) is 11.5 Å². The Labute approximate surface area is 148 Å². The summed E-state index contributed by atoms with van der Waals surface area (Å²) < 4.78 is 4.89. The lowest BCUT2D eigenvalue weighted by Crippen LogP contribution is -2.16. The molecule has 0 radical (unpaired) electrons. The van der Waals surface area contributed by atoms with Crippen molar-refractivity contribution < 1.29 is 9.53 Å². The van der Waals surface area contributed by atoms with Crippen molar-refractivity contribution in [1.82, 2.24) is 9.97 Å². The molecule has 0 saturated heterocycles. The van der Waals surface area contributed by atoms with Crippen LogP contribution in [0.2, 0.25) is 0 Å². The van der Waals surface area contributed by atoms with E-state index in [1.165, 1.54) is 23.8 Å². The number of carbonyl (C=O) groups is 1. The smallest absolute Gasteiger partial charge is 0.357 e. The van der Waals surface area contributed by atoms with Crippen molar-refractivity contribution in [2.75, 3.05) is 12.4 Å².